The van der Waals surface area contributed by atoms with E-state index in [9.17, 15) is 10.2 Å². The van der Waals surface area contributed by atoms with Crippen LogP contribution < -0.4 is 4.74 Å². The maximum absolute atomic E-state index is 9.48. The molecule has 0 aromatic heterocycles. The summed E-state index contributed by atoms with van der Waals surface area (Å²) in [6.45, 7) is 1.86. The van der Waals surface area contributed by atoms with Crippen LogP contribution in [0.15, 0.2) is 12.1 Å². The first-order valence-electron chi connectivity index (χ1n) is 3.78. The van der Waals surface area contributed by atoms with Crippen molar-refractivity contribution in [3.8, 4) is 17.2 Å². The first kappa shape index (κ1) is 8.71. The van der Waals surface area contributed by atoms with Crippen molar-refractivity contribution >= 4 is 0 Å². The van der Waals surface area contributed by atoms with Gasteiger partial charge >= 0.3 is 0 Å². The van der Waals surface area contributed by atoms with Gasteiger partial charge in [-0.3, -0.25) is 0 Å². The summed E-state index contributed by atoms with van der Waals surface area (Å²) in [4.78, 5) is 0. The molecule has 0 saturated heterocycles. The highest BCUT2D eigenvalue weighted by Crippen LogP contribution is 2.35. The third kappa shape index (κ3) is 1.30. The Balaban J connectivity index is 3.24. The van der Waals surface area contributed by atoms with Crippen LogP contribution in [0.1, 0.15) is 12.5 Å². The van der Waals surface area contributed by atoms with Crippen LogP contribution >= 0.6 is 0 Å². The van der Waals surface area contributed by atoms with Crippen LogP contribution in [0.25, 0.3) is 0 Å². The molecule has 0 spiro atoms. The second-order valence-corrected chi connectivity index (χ2v) is 2.47. The Hall–Kier alpha value is -1.38. The summed E-state index contributed by atoms with van der Waals surface area (Å²) in [6.07, 6.45) is 0.578. The van der Waals surface area contributed by atoms with Crippen molar-refractivity contribution in [1.82, 2.24) is 0 Å². The second-order valence-electron chi connectivity index (χ2n) is 2.47. The number of rotatable bonds is 2. The zero-order valence-corrected chi connectivity index (χ0v) is 7.16. The van der Waals surface area contributed by atoms with Crippen molar-refractivity contribution in [3.63, 3.8) is 0 Å². The Morgan fingerprint density at radius 3 is 2.50 bits per heavy atom. The van der Waals surface area contributed by atoms with Crippen molar-refractivity contribution < 1.29 is 14.9 Å². The zero-order valence-electron chi connectivity index (χ0n) is 7.16. The molecule has 0 bridgehead atoms. The molecule has 2 N–H and O–H groups in total. The van der Waals surface area contributed by atoms with E-state index in [4.69, 9.17) is 4.74 Å². The largest absolute Gasteiger partial charge is 0.508 e. The fourth-order valence-corrected chi connectivity index (χ4v) is 1.12. The maximum atomic E-state index is 9.48. The predicted molar refractivity (Wildman–Crippen MR) is 45.7 cm³/mol. The predicted octanol–water partition coefficient (Wildman–Crippen LogP) is 1.67. The van der Waals surface area contributed by atoms with Gasteiger partial charge in [0.15, 0.2) is 11.5 Å². The smallest absolute Gasteiger partial charge is 0.164 e. The van der Waals surface area contributed by atoms with Crippen LogP contribution in [0, 0.1) is 0 Å². The van der Waals surface area contributed by atoms with E-state index < -0.39 is 0 Å². The lowest BCUT2D eigenvalue weighted by molar-refractivity contribution is 0.365. The van der Waals surface area contributed by atoms with Crippen LogP contribution in [0.4, 0.5) is 0 Å². The number of hydrogen-bond donors (Lipinski definition) is 2. The molecule has 0 fully saturated rings. The molecule has 1 aromatic carbocycles. The highest BCUT2D eigenvalue weighted by atomic mass is 16.5. The van der Waals surface area contributed by atoms with E-state index in [-0.39, 0.29) is 11.5 Å². The minimum Gasteiger partial charge on any atom is -0.508 e. The molecule has 0 unspecified atom stereocenters. The van der Waals surface area contributed by atoms with E-state index in [1.165, 1.54) is 19.2 Å². The van der Waals surface area contributed by atoms with Gasteiger partial charge in [0, 0.05) is 5.56 Å². The summed E-state index contributed by atoms with van der Waals surface area (Å²) in [5, 5.41) is 18.8. The molecular weight excluding hydrogens is 156 g/mol. The Morgan fingerprint density at radius 1 is 1.33 bits per heavy atom. The molecule has 0 radical (unpaired) electrons. The molecule has 0 saturated carbocycles. The zero-order chi connectivity index (χ0) is 9.14. The third-order valence-corrected chi connectivity index (χ3v) is 1.79. The van der Waals surface area contributed by atoms with Crippen molar-refractivity contribution in [3.05, 3.63) is 17.7 Å². The molecule has 0 aliphatic heterocycles. The Labute approximate surface area is 71.2 Å². The average molecular weight is 168 g/mol. The quantitative estimate of drug-likeness (QED) is 0.706. The minimum absolute atomic E-state index is 0.0278. The number of benzene rings is 1. The average Bonchev–Trinajstić information content (AvgIpc) is 2.06. The van der Waals surface area contributed by atoms with Crippen LogP contribution in [-0.2, 0) is 6.42 Å². The SMILES string of the molecule is CCc1c(O)ccc(OC)c1O. The van der Waals surface area contributed by atoms with Crippen LogP contribution in [0.2, 0.25) is 0 Å². The Kier molecular flexibility index (Phi) is 2.43. The lowest BCUT2D eigenvalue weighted by atomic mass is 10.1. The van der Waals surface area contributed by atoms with Gasteiger partial charge in [-0.2, -0.15) is 0 Å². The van der Waals surface area contributed by atoms with E-state index in [2.05, 4.69) is 0 Å². The molecule has 66 valence electrons. The van der Waals surface area contributed by atoms with E-state index >= 15 is 0 Å². The second kappa shape index (κ2) is 3.34. The van der Waals surface area contributed by atoms with Gasteiger partial charge in [-0.15, -0.1) is 0 Å². The van der Waals surface area contributed by atoms with Gasteiger partial charge in [0.05, 0.1) is 7.11 Å². The number of phenols is 2. The molecule has 1 aromatic rings. The highest BCUT2D eigenvalue weighted by Gasteiger charge is 2.09. The highest BCUT2D eigenvalue weighted by molar-refractivity contribution is 5.52. The number of aromatic hydroxyl groups is 2. The molecular formula is C9H12O3. The summed E-state index contributed by atoms with van der Waals surface area (Å²) in [7, 11) is 1.48. The molecule has 3 nitrogen and oxygen atoms in total. The topological polar surface area (TPSA) is 49.7 Å². The van der Waals surface area contributed by atoms with E-state index in [0.29, 0.717) is 17.7 Å². The van der Waals surface area contributed by atoms with Crippen LogP contribution in [0.5, 0.6) is 17.2 Å². The van der Waals surface area contributed by atoms with E-state index in [0.717, 1.165) is 0 Å². The van der Waals surface area contributed by atoms with Crippen LogP contribution in [0.3, 0.4) is 0 Å². The van der Waals surface area contributed by atoms with Crippen LogP contribution in [-0.4, -0.2) is 17.3 Å². The molecule has 0 heterocycles. The van der Waals surface area contributed by atoms with Gasteiger partial charge in [0.2, 0.25) is 0 Å². The van der Waals surface area contributed by atoms with Gasteiger partial charge in [-0.25, -0.2) is 0 Å². The summed E-state index contributed by atoms with van der Waals surface area (Å²) in [6, 6.07) is 3.04. The first-order chi connectivity index (χ1) is 5.70. The maximum Gasteiger partial charge on any atom is 0.164 e. The monoisotopic (exact) mass is 168 g/mol. The fraction of sp³-hybridized carbons (Fsp3) is 0.333. The lowest BCUT2D eigenvalue weighted by Crippen LogP contribution is -1.88. The summed E-state index contributed by atoms with van der Waals surface area (Å²) >= 11 is 0. The molecule has 0 aliphatic carbocycles. The van der Waals surface area contributed by atoms with E-state index in [1.54, 1.807) is 0 Å². The number of methoxy groups -OCH3 is 1. The first-order valence-corrected chi connectivity index (χ1v) is 3.78. The molecule has 0 aliphatic rings. The molecule has 12 heavy (non-hydrogen) atoms. The van der Waals surface area contributed by atoms with Gasteiger partial charge in [0.25, 0.3) is 0 Å². The molecule has 3 heteroatoms. The molecule has 1 rings (SSSR count). The molecule has 0 amide bonds. The summed E-state index contributed by atoms with van der Waals surface area (Å²) in [5.41, 5.74) is 0.523. The summed E-state index contributed by atoms with van der Waals surface area (Å²) in [5.74, 6) is 0.528. The van der Waals surface area contributed by atoms with Gasteiger partial charge < -0.3 is 14.9 Å². The fourth-order valence-electron chi connectivity index (χ4n) is 1.12. The van der Waals surface area contributed by atoms with Crippen molar-refractivity contribution in [2.24, 2.45) is 0 Å². The number of phenolic OH excluding ortho intramolecular Hbond substituents is 2. The van der Waals surface area contributed by atoms with Crippen molar-refractivity contribution in [1.29, 1.82) is 0 Å². The summed E-state index contributed by atoms with van der Waals surface area (Å²) < 4.78 is 4.88. The van der Waals surface area contributed by atoms with Crippen molar-refractivity contribution in [2.45, 2.75) is 13.3 Å². The van der Waals surface area contributed by atoms with Gasteiger partial charge in [-0.1, -0.05) is 6.92 Å². The Bertz CT molecular complexity index is 281. The van der Waals surface area contributed by atoms with Gasteiger partial charge in [0.1, 0.15) is 5.75 Å². The minimum atomic E-state index is 0.0278. The number of ether oxygens (including phenoxy) is 1. The van der Waals surface area contributed by atoms with Gasteiger partial charge in [-0.05, 0) is 18.6 Å². The van der Waals surface area contributed by atoms with Crippen molar-refractivity contribution in [2.75, 3.05) is 7.11 Å². The number of hydrogen-bond acceptors (Lipinski definition) is 3. The normalized spacial score (nSPS) is 9.83. The van der Waals surface area contributed by atoms with E-state index in [1.807, 2.05) is 6.92 Å². The lowest BCUT2D eigenvalue weighted by Gasteiger charge is -2.08. The third-order valence-electron chi connectivity index (χ3n) is 1.79. The Morgan fingerprint density at radius 2 is 2.00 bits per heavy atom. The standard InChI is InChI=1S/C9H12O3/c1-3-6-7(10)4-5-8(12-2)9(6)11/h4-5,10-11H,3H2,1-2H3. The molecule has 0 atom stereocenters.